The smallest absolute Gasteiger partial charge is 0.303 e. The molecule has 6 heteroatoms. The summed E-state index contributed by atoms with van der Waals surface area (Å²) in [5.41, 5.74) is 1.25. The van der Waals surface area contributed by atoms with E-state index in [2.05, 4.69) is 62.3 Å². The molecule has 5 N–H and O–H groups in total. The number of rotatable bonds is 9. The van der Waals surface area contributed by atoms with Gasteiger partial charge in [0.15, 0.2) is 0 Å². The first-order chi connectivity index (χ1) is 27.4. The molecule has 58 heavy (non-hydrogen) atoms. The van der Waals surface area contributed by atoms with Crippen LogP contribution in [0.5, 0.6) is 0 Å². The number of aliphatic carboxylic acids is 1. The van der Waals surface area contributed by atoms with Crippen LogP contribution in [0.25, 0.3) is 0 Å². The summed E-state index contributed by atoms with van der Waals surface area (Å²) in [5, 5.41) is 53.4. The summed E-state index contributed by atoms with van der Waals surface area (Å²) in [6.07, 6.45) is 21.2. The average molecular weight is 811 g/mol. The fourth-order valence-electron chi connectivity index (χ4n) is 19.1. The second-order valence-electron chi connectivity index (χ2n) is 23.9. The molecular formula is C52H90O6. The number of hydrogen-bond donors (Lipinski definition) is 5. The summed E-state index contributed by atoms with van der Waals surface area (Å²) >= 11 is 0. The maximum atomic E-state index is 11.7. The highest BCUT2D eigenvalue weighted by Gasteiger charge is 2.66. The molecule has 0 radical (unpaired) electrons. The van der Waals surface area contributed by atoms with E-state index in [0.29, 0.717) is 81.8 Å². The summed E-state index contributed by atoms with van der Waals surface area (Å²) in [6.45, 7) is 21.7. The first-order valence-corrected chi connectivity index (χ1v) is 25.3. The van der Waals surface area contributed by atoms with Gasteiger partial charge < -0.3 is 25.5 Å². The van der Waals surface area contributed by atoms with Crippen LogP contribution >= 0.6 is 0 Å². The van der Waals surface area contributed by atoms with E-state index < -0.39 is 5.97 Å². The van der Waals surface area contributed by atoms with Crippen LogP contribution in [0, 0.1) is 105 Å². The largest absolute Gasteiger partial charge is 0.481 e. The molecular weight excluding hydrogens is 721 g/mol. The Labute approximate surface area is 354 Å². The number of fused-ring (bicyclic) bond motifs is 10. The molecule has 8 rings (SSSR count). The van der Waals surface area contributed by atoms with Gasteiger partial charge in [0.2, 0.25) is 0 Å². The van der Waals surface area contributed by atoms with Gasteiger partial charge in [0.05, 0.1) is 24.4 Å². The molecule has 0 aliphatic heterocycles. The molecule has 6 nitrogen and oxygen atoms in total. The fraction of sp³-hybridized carbons (Fsp3) is 0.981. The van der Waals surface area contributed by atoms with Crippen molar-refractivity contribution in [2.24, 2.45) is 105 Å². The van der Waals surface area contributed by atoms with Crippen molar-refractivity contribution < 1.29 is 30.3 Å². The Bertz CT molecular complexity index is 1420. The predicted octanol–water partition coefficient (Wildman–Crippen LogP) is 11.2. The molecule has 8 aliphatic carbocycles. The van der Waals surface area contributed by atoms with E-state index in [0.717, 1.165) is 63.2 Å². The Morgan fingerprint density at radius 1 is 0.534 bits per heavy atom. The quantitative estimate of drug-likeness (QED) is 0.158. The lowest BCUT2D eigenvalue weighted by Gasteiger charge is -2.64. The standard InChI is InChI=1S/C26H44O4.C26H46O2/c1-5-17-21-14-16(27)10-12-26(21,4)20-11-13-25(3)18(15(2)6-9-22(28)29)7-8-19(25)23(20)24(17)30;1-6-8-16(3)19-9-10-20-23-21(12-14-25(19,20)4)26(5)13-11-17(27)15-22(26)18(7-2)24(23)28/h15-21,23-24,27,30H,5-14H2,1-4H3,(H,28,29);16-24,27-28H,6-15H2,1-5H3/t15-,16-,17-,18-,19?,20?,21+,23?,24-,25-,26-;16-,17-,18-,19-,20?,21?,22+,23?,24-,25-,26-/m11/s1. The molecule has 0 aromatic carbocycles. The van der Waals surface area contributed by atoms with Crippen molar-refractivity contribution in [1.29, 1.82) is 0 Å². The lowest BCUT2D eigenvalue weighted by atomic mass is 9.41. The zero-order valence-corrected chi connectivity index (χ0v) is 38.7. The topological polar surface area (TPSA) is 118 Å². The molecule has 0 aromatic rings. The molecule has 0 spiro atoms. The highest BCUT2D eigenvalue weighted by Crippen LogP contribution is 2.71. The van der Waals surface area contributed by atoms with Crippen molar-refractivity contribution in [1.82, 2.24) is 0 Å². The third-order valence-electron chi connectivity index (χ3n) is 21.9. The number of carboxylic acids is 1. The molecule has 8 fully saturated rings. The molecule has 0 amide bonds. The van der Waals surface area contributed by atoms with Crippen molar-refractivity contribution >= 4 is 5.97 Å². The van der Waals surface area contributed by atoms with Crippen molar-refractivity contribution in [3.63, 3.8) is 0 Å². The highest BCUT2D eigenvalue weighted by atomic mass is 16.4. The second-order valence-corrected chi connectivity index (χ2v) is 23.9. The van der Waals surface area contributed by atoms with Crippen molar-refractivity contribution in [3.05, 3.63) is 0 Å². The molecule has 334 valence electrons. The average Bonchev–Trinajstić information content (AvgIpc) is 3.73. The molecule has 0 aromatic heterocycles. The first kappa shape index (κ1) is 45.3. The van der Waals surface area contributed by atoms with Gasteiger partial charge in [-0.15, -0.1) is 0 Å². The Balaban J connectivity index is 0.000000177. The van der Waals surface area contributed by atoms with Crippen LogP contribution in [-0.2, 0) is 4.79 Å². The van der Waals surface area contributed by atoms with E-state index in [9.17, 15) is 25.2 Å². The zero-order chi connectivity index (χ0) is 42.1. The Morgan fingerprint density at radius 3 is 1.29 bits per heavy atom. The molecule has 0 bridgehead atoms. The van der Waals surface area contributed by atoms with Crippen LogP contribution in [0.2, 0.25) is 0 Å². The summed E-state index contributed by atoms with van der Waals surface area (Å²) in [7, 11) is 0. The van der Waals surface area contributed by atoms with Crippen LogP contribution in [0.1, 0.15) is 191 Å². The van der Waals surface area contributed by atoms with E-state index in [1.54, 1.807) is 0 Å². The van der Waals surface area contributed by atoms with Crippen molar-refractivity contribution in [3.8, 4) is 0 Å². The van der Waals surface area contributed by atoms with Gasteiger partial charge in [0.25, 0.3) is 0 Å². The van der Waals surface area contributed by atoms with Gasteiger partial charge in [-0.2, -0.15) is 0 Å². The van der Waals surface area contributed by atoms with Crippen LogP contribution in [0.3, 0.4) is 0 Å². The minimum Gasteiger partial charge on any atom is -0.481 e. The van der Waals surface area contributed by atoms with Gasteiger partial charge in [-0.25, -0.2) is 0 Å². The van der Waals surface area contributed by atoms with E-state index >= 15 is 0 Å². The monoisotopic (exact) mass is 811 g/mol. The SMILES string of the molecule is CCC[C@@H](C)[C@H]1CCC2C3C(CC[C@@]21C)[C@@]1(C)CC[C@@H](O)C[C@H]1[C@@H](CC)[C@H]3O.CC[C@H]1[C@@H](O)C2C3CC[C@H]([C@H](C)CCC(=O)O)[C@@]3(C)CCC2[C@@]2(C)CC[C@@H](O)C[C@@H]12. The van der Waals surface area contributed by atoms with Gasteiger partial charge in [0.1, 0.15) is 0 Å². The van der Waals surface area contributed by atoms with Gasteiger partial charge in [0, 0.05) is 6.42 Å². The minimum absolute atomic E-state index is 0.143. The normalized spacial score (nSPS) is 53.0. The van der Waals surface area contributed by atoms with E-state index in [1.807, 2.05) is 0 Å². The first-order valence-electron chi connectivity index (χ1n) is 25.3. The third-order valence-corrected chi connectivity index (χ3v) is 21.9. The Hall–Kier alpha value is -0.690. The Morgan fingerprint density at radius 2 is 0.914 bits per heavy atom. The second kappa shape index (κ2) is 17.1. The fourth-order valence-corrected chi connectivity index (χ4v) is 19.1. The van der Waals surface area contributed by atoms with Crippen LogP contribution < -0.4 is 0 Å². The highest BCUT2D eigenvalue weighted by molar-refractivity contribution is 5.66. The number of aliphatic hydroxyl groups is 4. The summed E-state index contributed by atoms with van der Waals surface area (Å²) in [6, 6.07) is 0. The zero-order valence-electron chi connectivity index (χ0n) is 38.7. The maximum Gasteiger partial charge on any atom is 0.303 e. The molecule has 8 aliphatic rings. The minimum atomic E-state index is -0.683. The lowest BCUT2D eigenvalue weighted by molar-refractivity contribution is -0.203. The molecule has 0 saturated heterocycles. The third kappa shape index (κ3) is 7.32. The Kier molecular flexibility index (Phi) is 13.4. The number of carboxylic acid groups (broad SMARTS) is 1. The van der Waals surface area contributed by atoms with E-state index in [1.165, 1.54) is 70.6 Å². The molecule has 6 unspecified atom stereocenters. The van der Waals surface area contributed by atoms with Crippen molar-refractivity contribution in [2.75, 3.05) is 0 Å². The number of hydrogen-bond acceptors (Lipinski definition) is 5. The van der Waals surface area contributed by atoms with Crippen molar-refractivity contribution in [2.45, 2.75) is 215 Å². The predicted molar refractivity (Wildman–Crippen MR) is 234 cm³/mol. The maximum absolute atomic E-state index is 11.7. The molecule has 0 heterocycles. The van der Waals surface area contributed by atoms with Gasteiger partial charge in [-0.3, -0.25) is 4.79 Å². The number of aliphatic hydroxyl groups excluding tert-OH is 4. The van der Waals surface area contributed by atoms with E-state index in [-0.39, 0.29) is 41.7 Å². The van der Waals surface area contributed by atoms with Gasteiger partial charge in [-0.1, -0.05) is 88.0 Å². The van der Waals surface area contributed by atoms with Crippen LogP contribution in [0.4, 0.5) is 0 Å². The van der Waals surface area contributed by atoms with Crippen LogP contribution in [0.15, 0.2) is 0 Å². The molecule has 8 saturated carbocycles. The van der Waals surface area contributed by atoms with E-state index in [4.69, 9.17) is 5.11 Å². The van der Waals surface area contributed by atoms with Crippen LogP contribution in [-0.4, -0.2) is 55.9 Å². The molecule has 22 atom stereocenters. The summed E-state index contributed by atoms with van der Waals surface area (Å²) in [4.78, 5) is 11.1. The summed E-state index contributed by atoms with van der Waals surface area (Å²) < 4.78 is 0. The van der Waals surface area contributed by atoms with Gasteiger partial charge in [-0.05, 0) is 201 Å². The summed E-state index contributed by atoms with van der Waals surface area (Å²) in [5.74, 6) is 7.03. The van der Waals surface area contributed by atoms with Gasteiger partial charge >= 0.3 is 5.97 Å². The lowest BCUT2D eigenvalue weighted by Crippen LogP contribution is -2.62. The number of carbonyl (C=O) groups is 1.